The molecule has 6 fully saturated rings. The molecule has 90 heavy (non-hydrogen) atoms. The summed E-state index contributed by atoms with van der Waals surface area (Å²) < 4.78 is 17.1. The summed E-state index contributed by atoms with van der Waals surface area (Å²) >= 11 is 0. The second-order valence-electron chi connectivity index (χ2n) is 34.5. The lowest BCUT2D eigenvalue weighted by atomic mass is 9.91. The van der Waals surface area contributed by atoms with Gasteiger partial charge >= 0.3 is 0 Å². The highest BCUT2D eigenvalue weighted by molar-refractivity contribution is 5.81. The number of morpholine rings is 1. The van der Waals surface area contributed by atoms with Gasteiger partial charge in [0.25, 0.3) is 0 Å². The van der Waals surface area contributed by atoms with Crippen molar-refractivity contribution in [3.63, 3.8) is 0 Å². The molecule has 2 aromatic carbocycles. The van der Waals surface area contributed by atoms with Crippen LogP contribution in [0, 0.1) is 5.92 Å². The fourth-order valence-electron chi connectivity index (χ4n) is 14.0. The van der Waals surface area contributed by atoms with Crippen LogP contribution in [0.5, 0.6) is 0 Å². The molecule has 0 bridgehead atoms. The molecule has 12 nitrogen and oxygen atoms in total. The van der Waals surface area contributed by atoms with E-state index in [1.165, 1.54) is 106 Å². The summed E-state index contributed by atoms with van der Waals surface area (Å²) in [6.45, 7) is 70.3. The number of para-hydroxylation sites is 1. The Hall–Kier alpha value is -2.78. The van der Waals surface area contributed by atoms with Crippen LogP contribution in [0.1, 0.15) is 260 Å². The van der Waals surface area contributed by atoms with E-state index in [1.54, 1.807) is 13.8 Å². The third-order valence-electron chi connectivity index (χ3n) is 19.7. The molecule has 6 saturated heterocycles. The largest absolute Gasteiger partial charge is 0.373 e. The zero-order valence-corrected chi connectivity index (χ0v) is 63.2. The Morgan fingerprint density at radius 2 is 0.900 bits per heavy atom. The van der Waals surface area contributed by atoms with Crippen LogP contribution in [0.25, 0.3) is 0 Å². The Labute approximate surface area is 555 Å². The predicted molar refractivity (Wildman–Crippen MR) is 383 cm³/mol. The SMILES string of the molecule is CC(=O)C1CCCCN1C(C)(C)C.CC(=O)C1CCCN(C(C)(C)C)C1.CC(C)(C)N1CCC2(CC1)OCCO2.CC(C)(C)N1CCCCC1.CC(C)(C)N1CCCc2ccccc21.CC(C)(C)N1CCc2ccccc2C1.CC1CN(C(C)(C)C)CC(C)O1. The highest BCUT2D eigenvalue weighted by Crippen LogP contribution is 2.35. The maximum absolute atomic E-state index is 11.4. The van der Waals surface area contributed by atoms with E-state index in [2.05, 4.69) is 242 Å². The average molecular weight is 1260 g/mol. The van der Waals surface area contributed by atoms with Crippen LogP contribution >= 0.6 is 0 Å². The first-order valence-corrected chi connectivity index (χ1v) is 35.9. The molecule has 1 spiro atoms. The van der Waals surface area contributed by atoms with Gasteiger partial charge in [0, 0.05) is 116 Å². The molecule has 4 unspecified atom stereocenters. The minimum absolute atomic E-state index is 0.136. The monoisotopic (exact) mass is 1260 g/mol. The smallest absolute Gasteiger partial charge is 0.170 e. The number of anilines is 1. The van der Waals surface area contributed by atoms with E-state index in [9.17, 15) is 9.59 Å². The van der Waals surface area contributed by atoms with Crippen LogP contribution in [0.3, 0.4) is 0 Å². The summed E-state index contributed by atoms with van der Waals surface area (Å²) in [7, 11) is 0. The molecule has 8 heterocycles. The molecule has 0 N–H and O–H groups in total. The predicted octanol–water partition coefficient (Wildman–Crippen LogP) is 16.2. The molecule has 518 valence electrons. The molecule has 8 aliphatic heterocycles. The highest BCUT2D eigenvalue weighted by atomic mass is 16.7. The second-order valence-corrected chi connectivity index (χ2v) is 34.5. The number of likely N-dealkylation sites (tertiary alicyclic amines) is 4. The summed E-state index contributed by atoms with van der Waals surface area (Å²) in [4.78, 5) is 40.1. The lowest BCUT2D eigenvalue weighted by Crippen LogP contribution is -2.53. The average Bonchev–Trinajstić information content (AvgIpc) is 1.25. The van der Waals surface area contributed by atoms with Crippen LogP contribution < -0.4 is 4.90 Å². The number of carbonyl (C=O) groups is 2. The van der Waals surface area contributed by atoms with Gasteiger partial charge in [-0.25, -0.2) is 0 Å². The van der Waals surface area contributed by atoms with E-state index in [0.29, 0.717) is 34.9 Å². The quantitative estimate of drug-likeness (QED) is 0.287. The van der Waals surface area contributed by atoms with Crippen molar-refractivity contribution >= 4 is 17.3 Å². The highest BCUT2D eigenvalue weighted by Gasteiger charge is 2.42. The number of fused-ring (bicyclic) bond motifs is 2. The van der Waals surface area contributed by atoms with Crippen LogP contribution in [0.15, 0.2) is 48.5 Å². The van der Waals surface area contributed by atoms with Gasteiger partial charge in [0.05, 0.1) is 31.5 Å². The van der Waals surface area contributed by atoms with E-state index in [1.807, 2.05) is 0 Å². The maximum Gasteiger partial charge on any atom is 0.170 e. The van der Waals surface area contributed by atoms with Gasteiger partial charge in [-0.15, -0.1) is 0 Å². The van der Waals surface area contributed by atoms with Crippen molar-refractivity contribution in [1.82, 2.24) is 29.4 Å². The van der Waals surface area contributed by atoms with E-state index in [4.69, 9.17) is 14.2 Å². The standard InChI is InChI=1S/2C13H19N.C11H21NO2.2C11H21NO.C10H21NO.C9H19N/c1-13(2,3)14-10-6-8-11-7-4-5-9-12(11)14;1-13(2,3)14-9-8-11-6-4-5-7-12(11)10-14;1-10(2,3)12-6-4-11(5-7-12)13-8-9-14-11;1-9(13)10-6-5-7-12(8-10)11(2,3)4;1-9(13)10-7-5-6-8-12(10)11(2,3)4;1-8-6-11(10(3,4)5)7-9(2)12-8;1-9(2,3)10-7-5-4-6-8-10/h4-5,7,9H,6,8,10H2,1-3H3;4-7H,8-10H2,1-3H3;4-9H2,1-3H3;2*10H,5-8H2,1-4H3;8-9H,6-7H2,1-5H3;4-8H2,1-3H3. The molecular weight excluding hydrogens is 1110 g/mol. The Kier molecular flexibility index (Phi) is 30.8. The molecule has 0 radical (unpaired) electrons. The molecule has 2 aromatic rings. The van der Waals surface area contributed by atoms with Crippen molar-refractivity contribution in [1.29, 1.82) is 0 Å². The van der Waals surface area contributed by atoms with Crippen molar-refractivity contribution in [2.45, 2.75) is 326 Å². The van der Waals surface area contributed by atoms with Gasteiger partial charge in [0.15, 0.2) is 5.79 Å². The molecule has 10 rings (SSSR count). The molecule has 4 atom stereocenters. The van der Waals surface area contributed by atoms with E-state index >= 15 is 0 Å². The summed E-state index contributed by atoms with van der Waals surface area (Å²) in [6.07, 6.45) is 16.5. The van der Waals surface area contributed by atoms with Gasteiger partial charge < -0.3 is 19.1 Å². The third kappa shape index (κ3) is 26.8. The topological polar surface area (TPSA) is 84.5 Å². The maximum atomic E-state index is 11.4. The first kappa shape index (κ1) is 79.7. The Morgan fingerprint density at radius 1 is 0.422 bits per heavy atom. The second kappa shape index (κ2) is 34.8. The van der Waals surface area contributed by atoms with Crippen molar-refractivity contribution in [2.24, 2.45) is 5.92 Å². The molecule has 0 aliphatic carbocycles. The van der Waals surface area contributed by atoms with Gasteiger partial charge in [0.1, 0.15) is 11.6 Å². The fraction of sp³-hybridized carbons (Fsp3) is 0.821. The van der Waals surface area contributed by atoms with E-state index in [-0.39, 0.29) is 45.4 Å². The van der Waals surface area contributed by atoms with Crippen LogP contribution in [-0.2, 0) is 43.2 Å². The number of hydrogen-bond donors (Lipinski definition) is 0. The van der Waals surface area contributed by atoms with Crippen molar-refractivity contribution in [3.05, 3.63) is 65.2 Å². The third-order valence-corrected chi connectivity index (χ3v) is 19.7. The Morgan fingerprint density at radius 3 is 1.37 bits per heavy atom. The minimum Gasteiger partial charge on any atom is -0.373 e. The zero-order valence-electron chi connectivity index (χ0n) is 63.2. The number of rotatable bonds is 2. The number of ether oxygens (including phenoxy) is 3. The van der Waals surface area contributed by atoms with Gasteiger partial charge in [-0.05, 0) is 280 Å². The number of benzene rings is 2. The summed E-state index contributed by atoms with van der Waals surface area (Å²) in [6, 6.07) is 17.8. The Balaban J connectivity index is 0.000000225. The lowest BCUT2D eigenvalue weighted by molar-refractivity contribution is -0.190. The van der Waals surface area contributed by atoms with Gasteiger partial charge in [-0.3, -0.25) is 39.0 Å². The number of piperidine rings is 4. The van der Waals surface area contributed by atoms with Crippen molar-refractivity contribution in [3.8, 4) is 0 Å². The summed E-state index contributed by atoms with van der Waals surface area (Å²) in [5.74, 6) is 0.749. The fourth-order valence-corrected chi connectivity index (χ4v) is 14.0. The molecule has 0 aromatic heterocycles. The lowest BCUT2D eigenvalue weighted by Gasteiger charge is -2.43. The molecule has 8 aliphatic rings. The zero-order chi connectivity index (χ0) is 67.7. The molecular formula is C78H141N7O5. The van der Waals surface area contributed by atoms with Crippen molar-refractivity contribution in [2.75, 3.05) is 90.1 Å². The number of aryl methyl sites for hydroxylation is 1. The normalized spacial score (nSPS) is 24.4. The van der Waals surface area contributed by atoms with E-state index in [0.717, 1.165) is 91.3 Å². The van der Waals surface area contributed by atoms with Gasteiger partial charge in [-0.1, -0.05) is 55.3 Å². The van der Waals surface area contributed by atoms with E-state index < -0.39 is 0 Å². The first-order valence-electron chi connectivity index (χ1n) is 35.9. The number of Topliss-reactive ketones (excluding diaryl/α,β-unsaturated/α-hetero) is 2. The number of nitrogens with zero attached hydrogens (tertiary/aromatic N) is 7. The number of hydrogen-bond acceptors (Lipinski definition) is 12. The number of ketones is 2. The van der Waals surface area contributed by atoms with Crippen LogP contribution in [0.2, 0.25) is 0 Å². The summed E-state index contributed by atoms with van der Waals surface area (Å²) in [5.41, 5.74) is 7.85. The minimum atomic E-state index is -0.220. The first-order chi connectivity index (χ1) is 41.5. The van der Waals surface area contributed by atoms with Crippen LogP contribution in [0.4, 0.5) is 5.69 Å². The van der Waals surface area contributed by atoms with Crippen LogP contribution in [-0.4, -0.2) is 189 Å². The summed E-state index contributed by atoms with van der Waals surface area (Å²) in [5, 5.41) is 0. The van der Waals surface area contributed by atoms with Gasteiger partial charge in [0.2, 0.25) is 0 Å². The van der Waals surface area contributed by atoms with Gasteiger partial charge in [-0.2, -0.15) is 0 Å². The number of carbonyl (C=O) groups excluding carboxylic acids is 2. The Bertz CT molecular complexity index is 2380. The van der Waals surface area contributed by atoms with Crippen molar-refractivity contribution < 1.29 is 23.8 Å². The molecule has 12 heteroatoms. The molecule has 0 amide bonds. The molecule has 0 saturated carbocycles.